The summed E-state index contributed by atoms with van der Waals surface area (Å²) in [4.78, 5) is 11.4. The quantitative estimate of drug-likeness (QED) is 0.463. The van der Waals surface area contributed by atoms with Gasteiger partial charge < -0.3 is 14.0 Å². The molecule has 0 bridgehead atoms. The third kappa shape index (κ3) is 3.09. The van der Waals surface area contributed by atoms with E-state index in [1.807, 2.05) is 4.57 Å². The number of piperidine rings is 1. The van der Waals surface area contributed by atoms with Gasteiger partial charge >= 0.3 is 0 Å². The van der Waals surface area contributed by atoms with E-state index >= 15 is 0 Å². The van der Waals surface area contributed by atoms with E-state index in [1.54, 1.807) is 14.2 Å². The SMILES string of the molecule is COC(OC)[SiH2]N1CCCCC1=O. The lowest BCUT2D eigenvalue weighted by atomic mass is 10.2. The van der Waals surface area contributed by atoms with Gasteiger partial charge in [-0.15, -0.1) is 0 Å². The summed E-state index contributed by atoms with van der Waals surface area (Å²) >= 11 is 0. The first kappa shape index (κ1) is 10.7. The van der Waals surface area contributed by atoms with E-state index in [4.69, 9.17) is 9.47 Å². The number of hydrogen-bond acceptors (Lipinski definition) is 3. The summed E-state index contributed by atoms with van der Waals surface area (Å²) in [5, 5.41) is 0. The Morgan fingerprint density at radius 1 is 1.38 bits per heavy atom. The van der Waals surface area contributed by atoms with E-state index in [9.17, 15) is 4.79 Å². The number of hydrogen-bond donors (Lipinski definition) is 0. The van der Waals surface area contributed by atoms with Crippen LogP contribution in [0, 0.1) is 0 Å². The Balaban J connectivity index is 2.36. The maximum absolute atomic E-state index is 11.4. The van der Waals surface area contributed by atoms with Gasteiger partial charge in [0.05, 0.1) is 0 Å². The van der Waals surface area contributed by atoms with E-state index in [0.717, 1.165) is 19.4 Å². The molecule has 0 aromatic rings. The standard InChI is InChI=1S/C8H17NO3Si/c1-11-8(12-2)13-9-6-4-3-5-7(9)10/h8H,3-6,13H2,1-2H3. The fourth-order valence-electron chi connectivity index (χ4n) is 1.48. The maximum atomic E-state index is 11.4. The molecule has 0 spiro atoms. The Labute approximate surface area is 81.1 Å². The van der Waals surface area contributed by atoms with Crippen LogP contribution in [0.15, 0.2) is 0 Å². The number of nitrogens with zero attached hydrogens (tertiary/aromatic N) is 1. The van der Waals surface area contributed by atoms with Crippen LogP contribution < -0.4 is 0 Å². The number of carbonyl (C=O) groups is 1. The first-order chi connectivity index (χ1) is 6.27. The molecule has 4 nitrogen and oxygen atoms in total. The van der Waals surface area contributed by atoms with Crippen LogP contribution in [0.3, 0.4) is 0 Å². The van der Waals surface area contributed by atoms with Gasteiger partial charge in [0.25, 0.3) is 0 Å². The van der Waals surface area contributed by atoms with Gasteiger partial charge in [0.1, 0.15) is 0 Å². The molecule has 0 aromatic heterocycles. The molecule has 1 fully saturated rings. The van der Waals surface area contributed by atoms with Crippen LogP contribution in [0.5, 0.6) is 0 Å². The van der Waals surface area contributed by atoms with Gasteiger partial charge in [-0.05, 0) is 12.8 Å². The van der Waals surface area contributed by atoms with Crippen molar-refractivity contribution in [3.05, 3.63) is 0 Å². The van der Waals surface area contributed by atoms with Crippen molar-refractivity contribution in [1.29, 1.82) is 0 Å². The lowest BCUT2D eigenvalue weighted by molar-refractivity contribution is -0.129. The Morgan fingerprint density at radius 3 is 2.62 bits per heavy atom. The summed E-state index contributed by atoms with van der Waals surface area (Å²) in [7, 11) is 2.51. The van der Waals surface area contributed by atoms with Crippen molar-refractivity contribution in [2.45, 2.75) is 25.2 Å². The highest BCUT2D eigenvalue weighted by molar-refractivity contribution is 6.37. The van der Waals surface area contributed by atoms with Gasteiger partial charge in [-0.25, -0.2) is 0 Å². The molecule has 1 aliphatic rings. The topological polar surface area (TPSA) is 38.8 Å². The molecule has 0 unspecified atom stereocenters. The first-order valence-electron chi connectivity index (χ1n) is 4.61. The predicted octanol–water partition coefficient (Wildman–Crippen LogP) is -0.341. The van der Waals surface area contributed by atoms with E-state index in [0.29, 0.717) is 6.42 Å². The molecule has 1 saturated heterocycles. The molecule has 1 heterocycles. The zero-order valence-electron chi connectivity index (χ0n) is 8.28. The summed E-state index contributed by atoms with van der Waals surface area (Å²) in [6, 6.07) is 0. The molecule has 1 amide bonds. The molecule has 0 aliphatic carbocycles. The van der Waals surface area contributed by atoms with E-state index in [-0.39, 0.29) is 11.8 Å². The Kier molecular flexibility index (Phi) is 4.41. The number of ether oxygens (including phenoxy) is 2. The molecule has 0 aromatic carbocycles. The molecular weight excluding hydrogens is 186 g/mol. The molecule has 0 N–H and O–H groups in total. The lowest BCUT2D eigenvalue weighted by Gasteiger charge is -2.29. The van der Waals surface area contributed by atoms with Gasteiger partial charge in [-0.1, -0.05) is 0 Å². The van der Waals surface area contributed by atoms with Crippen molar-refractivity contribution >= 4 is 15.6 Å². The molecule has 1 rings (SSSR count). The van der Waals surface area contributed by atoms with Gasteiger partial charge in [0.2, 0.25) is 5.91 Å². The van der Waals surface area contributed by atoms with E-state index < -0.39 is 9.68 Å². The first-order valence-corrected chi connectivity index (χ1v) is 6.06. The smallest absolute Gasteiger partial charge is 0.214 e. The molecule has 0 radical (unpaired) electrons. The van der Waals surface area contributed by atoms with Crippen LogP contribution in [-0.2, 0) is 14.3 Å². The minimum absolute atomic E-state index is 0.151. The number of methoxy groups -OCH3 is 2. The zero-order valence-corrected chi connectivity index (χ0v) is 9.70. The highest BCUT2D eigenvalue weighted by Gasteiger charge is 2.21. The Bertz CT molecular complexity index is 173. The lowest BCUT2D eigenvalue weighted by Crippen LogP contribution is -2.44. The molecule has 5 heteroatoms. The second kappa shape index (κ2) is 5.36. The van der Waals surface area contributed by atoms with Gasteiger partial charge in [0, 0.05) is 27.2 Å². The molecular formula is C8H17NO3Si. The van der Waals surface area contributed by atoms with E-state index in [1.165, 1.54) is 0 Å². The van der Waals surface area contributed by atoms with Crippen molar-refractivity contribution in [3.63, 3.8) is 0 Å². The van der Waals surface area contributed by atoms with Gasteiger partial charge in [-0.2, -0.15) is 0 Å². The fourth-order valence-corrected chi connectivity index (χ4v) is 2.91. The molecule has 13 heavy (non-hydrogen) atoms. The average Bonchev–Trinajstić information content (AvgIpc) is 2.17. The largest absolute Gasteiger partial charge is 0.369 e. The number of rotatable bonds is 4. The number of amides is 1. The zero-order chi connectivity index (χ0) is 9.68. The van der Waals surface area contributed by atoms with Crippen molar-refractivity contribution < 1.29 is 14.3 Å². The van der Waals surface area contributed by atoms with Crippen LogP contribution in [-0.4, -0.2) is 46.8 Å². The minimum atomic E-state index is -0.729. The van der Waals surface area contributed by atoms with Crippen molar-refractivity contribution in [2.24, 2.45) is 0 Å². The fraction of sp³-hybridized carbons (Fsp3) is 0.875. The van der Waals surface area contributed by atoms with Crippen molar-refractivity contribution in [3.8, 4) is 0 Å². The second-order valence-corrected chi connectivity index (χ2v) is 4.99. The Hall–Kier alpha value is -0.393. The molecule has 0 saturated carbocycles. The summed E-state index contributed by atoms with van der Waals surface area (Å²) < 4.78 is 12.1. The van der Waals surface area contributed by atoms with Crippen LogP contribution in [0.25, 0.3) is 0 Å². The highest BCUT2D eigenvalue weighted by Crippen LogP contribution is 2.10. The van der Waals surface area contributed by atoms with Crippen LogP contribution >= 0.6 is 0 Å². The molecule has 0 atom stereocenters. The highest BCUT2D eigenvalue weighted by atomic mass is 28.2. The van der Waals surface area contributed by atoms with Crippen molar-refractivity contribution in [1.82, 2.24) is 4.57 Å². The molecule has 1 aliphatic heterocycles. The summed E-state index contributed by atoms with van der Waals surface area (Å²) in [5.74, 6) is 0.124. The van der Waals surface area contributed by atoms with Crippen LogP contribution in [0.4, 0.5) is 0 Å². The summed E-state index contributed by atoms with van der Waals surface area (Å²) in [6.07, 6.45) is 2.86. The summed E-state index contributed by atoms with van der Waals surface area (Å²) in [5.41, 5.74) is 0. The third-order valence-corrected chi connectivity index (χ3v) is 4.39. The maximum Gasteiger partial charge on any atom is 0.214 e. The summed E-state index contributed by atoms with van der Waals surface area (Å²) in [6.45, 7) is 0.897. The van der Waals surface area contributed by atoms with Crippen LogP contribution in [0.2, 0.25) is 0 Å². The van der Waals surface area contributed by atoms with E-state index in [2.05, 4.69) is 0 Å². The Morgan fingerprint density at radius 2 is 2.08 bits per heavy atom. The van der Waals surface area contributed by atoms with Crippen molar-refractivity contribution in [2.75, 3.05) is 20.8 Å². The third-order valence-electron chi connectivity index (χ3n) is 2.32. The van der Waals surface area contributed by atoms with Gasteiger partial charge in [-0.3, -0.25) is 4.79 Å². The van der Waals surface area contributed by atoms with Gasteiger partial charge in [0.15, 0.2) is 15.6 Å². The minimum Gasteiger partial charge on any atom is -0.369 e. The van der Waals surface area contributed by atoms with Crippen LogP contribution in [0.1, 0.15) is 19.3 Å². The predicted molar refractivity (Wildman–Crippen MR) is 51.9 cm³/mol. The molecule has 76 valence electrons. The second-order valence-electron chi connectivity index (χ2n) is 3.20. The monoisotopic (exact) mass is 203 g/mol. The number of carbonyl (C=O) groups excluding carboxylic acids is 1. The average molecular weight is 203 g/mol. The normalized spacial score (nSPS) is 19.3.